The lowest BCUT2D eigenvalue weighted by Crippen LogP contribution is -2.51. The molecule has 1 aromatic heterocycles. The van der Waals surface area contributed by atoms with Crippen LogP contribution in [0.4, 0.5) is 0 Å². The summed E-state index contributed by atoms with van der Waals surface area (Å²) in [6.45, 7) is 2.93. The van der Waals surface area contributed by atoms with Gasteiger partial charge >= 0.3 is 0 Å². The summed E-state index contributed by atoms with van der Waals surface area (Å²) in [5, 5.41) is 0.606. The molecule has 0 saturated carbocycles. The summed E-state index contributed by atoms with van der Waals surface area (Å²) in [6.07, 6.45) is 2.44. The number of hydrogen-bond acceptors (Lipinski definition) is 3. The molecular formula is C24H20ClN3O2. The van der Waals surface area contributed by atoms with Crippen LogP contribution in [0, 0.1) is 0 Å². The normalized spacial score (nSPS) is 19.7. The van der Waals surface area contributed by atoms with E-state index in [4.69, 9.17) is 11.6 Å². The van der Waals surface area contributed by atoms with Crippen molar-refractivity contribution in [3.63, 3.8) is 0 Å². The molecule has 150 valence electrons. The second kappa shape index (κ2) is 6.96. The first-order valence-electron chi connectivity index (χ1n) is 10.0. The molecule has 2 aliphatic heterocycles. The van der Waals surface area contributed by atoms with Crippen molar-refractivity contribution in [1.82, 2.24) is 14.8 Å². The largest absolute Gasteiger partial charge is 0.306 e. The maximum Gasteiger partial charge on any atom is 0.257 e. The topological polar surface area (TPSA) is 53.5 Å². The second-order valence-electron chi connectivity index (χ2n) is 7.53. The number of hydrogen-bond donors (Lipinski definition) is 0. The summed E-state index contributed by atoms with van der Waals surface area (Å²) < 4.78 is 0. The number of nitrogens with zero attached hydrogens (tertiary/aromatic N) is 3. The highest BCUT2D eigenvalue weighted by Crippen LogP contribution is 2.50. The van der Waals surface area contributed by atoms with Crippen molar-refractivity contribution >= 4 is 23.4 Å². The van der Waals surface area contributed by atoms with Crippen LogP contribution in [-0.4, -0.2) is 39.7 Å². The summed E-state index contributed by atoms with van der Waals surface area (Å²) in [6, 6.07) is 18.6. The van der Waals surface area contributed by atoms with Gasteiger partial charge in [-0.15, -0.1) is 0 Å². The van der Waals surface area contributed by atoms with Crippen molar-refractivity contribution in [1.29, 1.82) is 0 Å². The summed E-state index contributed by atoms with van der Waals surface area (Å²) in [5.41, 5.74) is 2.75. The zero-order valence-electron chi connectivity index (χ0n) is 16.5. The van der Waals surface area contributed by atoms with Crippen LogP contribution in [0.5, 0.6) is 0 Å². The number of carbonyl (C=O) groups is 2. The lowest BCUT2D eigenvalue weighted by molar-refractivity contribution is 0.0375. The van der Waals surface area contributed by atoms with E-state index >= 15 is 0 Å². The lowest BCUT2D eigenvalue weighted by Gasteiger charge is -2.40. The zero-order chi connectivity index (χ0) is 20.9. The van der Waals surface area contributed by atoms with Crippen molar-refractivity contribution in [3.05, 3.63) is 99.8 Å². The Labute approximate surface area is 179 Å². The number of fused-ring (bicyclic) bond motifs is 3. The molecule has 0 N–H and O–H groups in total. The Morgan fingerprint density at radius 2 is 1.83 bits per heavy atom. The van der Waals surface area contributed by atoms with Gasteiger partial charge in [-0.3, -0.25) is 14.6 Å². The first-order valence-corrected chi connectivity index (χ1v) is 10.4. The van der Waals surface area contributed by atoms with Crippen LogP contribution in [0.3, 0.4) is 0 Å². The SMILES string of the molecule is CCc1ccc(C(=O)N2CCN3C(=O)c4ccccc4C23c2ccc(Cl)cc2)cn1. The minimum atomic E-state index is -0.987. The Morgan fingerprint density at radius 3 is 2.53 bits per heavy atom. The number of aromatic nitrogens is 1. The third-order valence-corrected chi connectivity index (χ3v) is 6.28. The first kappa shape index (κ1) is 18.8. The monoisotopic (exact) mass is 417 g/mol. The average molecular weight is 418 g/mol. The van der Waals surface area contributed by atoms with Gasteiger partial charge in [0.15, 0.2) is 5.66 Å². The molecule has 6 heteroatoms. The fourth-order valence-electron chi connectivity index (χ4n) is 4.64. The number of pyridine rings is 1. The predicted octanol–water partition coefficient (Wildman–Crippen LogP) is 4.11. The molecule has 3 heterocycles. The fraction of sp³-hybridized carbons (Fsp3) is 0.208. The Kier molecular flexibility index (Phi) is 4.36. The van der Waals surface area contributed by atoms with E-state index < -0.39 is 5.66 Å². The molecule has 1 fully saturated rings. The predicted molar refractivity (Wildman–Crippen MR) is 114 cm³/mol. The van der Waals surface area contributed by atoms with Crippen LogP contribution in [0.15, 0.2) is 66.9 Å². The highest BCUT2D eigenvalue weighted by atomic mass is 35.5. The van der Waals surface area contributed by atoms with Crippen LogP contribution in [0.25, 0.3) is 0 Å². The van der Waals surface area contributed by atoms with Gasteiger partial charge in [-0.05, 0) is 36.8 Å². The molecule has 3 aromatic rings. The van der Waals surface area contributed by atoms with Gasteiger partial charge in [-0.25, -0.2) is 0 Å². The van der Waals surface area contributed by atoms with E-state index in [9.17, 15) is 9.59 Å². The van der Waals surface area contributed by atoms with Crippen LogP contribution in [0.1, 0.15) is 44.5 Å². The smallest absolute Gasteiger partial charge is 0.257 e. The molecule has 1 atom stereocenters. The van der Waals surface area contributed by atoms with E-state index in [0.29, 0.717) is 29.2 Å². The lowest BCUT2D eigenvalue weighted by atomic mass is 9.89. The third kappa shape index (κ3) is 2.52. The molecule has 2 aromatic carbocycles. The molecule has 0 bridgehead atoms. The average Bonchev–Trinajstić information content (AvgIpc) is 3.29. The molecule has 2 aliphatic rings. The number of carbonyl (C=O) groups excluding carboxylic acids is 2. The molecule has 1 unspecified atom stereocenters. The van der Waals surface area contributed by atoms with E-state index in [1.807, 2.05) is 55.5 Å². The van der Waals surface area contributed by atoms with Gasteiger partial charge < -0.3 is 9.80 Å². The van der Waals surface area contributed by atoms with Crippen LogP contribution >= 0.6 is 11.6 Å². The maximum atomic E-state index is 13.7. The number of benzene rings is 2. The molecule has 0 spiro atoms. The van der Waals surface area contributed by atoms with E-state index in [1.54, 1.807) is 28.1 Å². The van der Waals surface area contributed by atoms with Gasteiger partial charge in [0.2, 0.25) is 0 Å². The fourth-order valence-corrected chi connectivity index (χ4v) is 4.77. The van der Waals surface area contributed by atoms with Crippen molar-refractivity contribution < 1.29 is 9.59 Å². The van der Waals surface area contributed by atoms with Crippen molar-refractivity contribution in [2.24, 2.45) is 0 Å². The summed E-state index contributed by atoms with van der Waals surface area (Å²) in [7, 11) is 0. The van der Waals surface area contributed by atoms with E-state index in [0.717, 1.165) is 23.2 Å². The Bertz CT molecular complexity index is 1140. The zero-order valence-corrected chi connectivity index (χ0v) is 17.3. The van der Waals surface area contributed by atoms with Crippen molar-refractivity contribution in [2.45, 2.75) is 19.0 Å². The van der Waals surface area contributed by atoms with Crippen molar-refractivity contribution in [3.8, 4) is 0 Å². The van der Waals surface area contributed by atoms with Gasteiger partial charge in [0.1, 0.15) is 0 Å². The van der Waals surface area contributed by atoms with Crippen molar-refractivity contribution in [2.75, 3.05) is 13.1 Å². The minimum absolute atomic E-state index is 0.0599. The van der Waals surface area contributed by atoms with Gasteiger partial charge in [0.05, 0.1) is 5.56 Å². The van der Waals surface area contributed by atoms with Crippen LogP contribution in [-0.2, 0) is 12.1 Å². The molecular weight excluding hydrogens is 398 g/mol. The quantitative estimate of drug-likeness (QED) is 0.644. The minimum Gasteiger partial charge on any atom is -0.306 e. The summed E-state index contributed by atoms with van der Waals surface area (Å²) in [5.74, 6) is -0.206. The highest BCUT2D eigenvalue weighted by Gasteiger charge is 2.59. The number of rotatable bonds is 3. The van der Waals surface area contributed by atoms with Gasteiger partial charge in [-0.2, -0.15) is 0 Å². The second-order valence-corrected chi connectivity index (χ2v) is 7.97. The van der Waals surface area contributed by atoms with E-state index in [-0.39, 0.29) is 11.8 Å². The van der Waals surface area contributed by atoms with Crippen LogP contribution in [0.2, 0.25) is 5.02 Å². The molecule has 0 aliphatic carbocycles. The molecule has 0 radical (unpaired) electrons. The molecule has 30 heavy (non-hydrogen) atoms. The molecule has 2 amide bonds. The number of aryl methyl sites for hydroxylation is 1. The Hall–Kier alpha value is -3.18. The van der Waals surface area contributed by atoms with E-state index in [1.165, 1.54) is 0 Å². The number of amides is 2. The van der Waals surface area contributed by atoms with Gasteiger partial charge in [-0.1, -0.05) is 48.9 Å². The molecule has 5 nitrogen and oxygen atoms in total. The van der Waals surface area contributed by atoms with E-state index in [2.05, 4.69) is 4.98 Å². The summed E-state index contributed by atoms with van der Waals surface area (Å²) in [4.78, 5) is 34.9. The molecule has 5 rings (SSSR count). The highest BCUT2D eigenvalue weighted by molar-refractivity contribution is 6.30. The maximum absolute atomic E-state index is 13.7. The van der Waals surface area contributed by atoms with Gasteiger partial charge in [0.25, 0.3) is 11.8 Å². The first-order chi connectivity index (χ1) is 14.6. The Morgan fingerprint density at radius 1 is 1.07 bits per heavy atom. The van der Waals surface area contributed by atoms with Gasteiger partial charge in [0, 0.05) is 46.7 Å². The third-order valence-electron chi connectivity index (χ3n) is 6.03. The number of halogens is 1. The van der Waals surface area contributed by atoms with Crippen LogP contribution < -0.4 is 0 Å². The standard InChI is InChI=1S/C24H20ClN3O2/c1-2-19-12-7-16(15-26-19)22(29)27-13-14-28-23(30)20-5-3-4-6-21(20)24(27,28)17-8-10-18(25)11-9-17/h3-12,15H,2,13-14H2,1H3. The Balaban J connectivity index is 1.70. The molecule has 1 saturated heterocycles. The summed E-state index contributed by atoms with van der Waals surface area (Å²) >= 11 is 6.14.